The highest BCUT2D eigenvalue weighted by Gasteiger charge is 2.35. The molecule has 0 saturated heterocycles. The minimum atomic E-state index is 0.233. The maximum atomic E-state index is 5.81. The van der Waals surface area contributed by atoms with Crippen LogP contribution in [-0.4, -0.2) is 19.1 Å². The zero-order valence-electron chi connectivity index (χ0n) is 8.56. The number of likely N-dealkylation sites (N-methyl/N-ethyl adjacent to an activating group) is 1. The van der Waals surface area contributed by atoms with Crippen LogP contribution in [0.25, 0.3) is 0 Å². The lowest BCUT2D eigenvalue weighted by molar-refractivity contribution is 0.159. The highest BCUT2D eigenvalue weighted by molar-refractivity contribution is 4.94. The van der Waals surface area contributed by atoms with Gasteiger partial charge in [-0.25, -0.2) is 0 Å². The van der Waals surface area contributed by atoms with E-state index < -0.39 is 0 Å². The third-order valence-corrected chi connectivity index (χ3v) is 3.20. The van der Waals surface area contributed by atoms with Crippen molar-refractivity contribution >= 4 is 0 Å². The summed E-state index contributed by atoms with van der Waals surface area (Å²) in [6.07, 6.45) is 3.85. The first-order valence-corrected chi connectivity index (χ1v) is 5.01. The number of rotatable bonds is 2. The molecule has 2 unspecified atom stereocenters. The van der Waals surface area contributed by atoms with E-state index in [-0.39, 0.29) is 5.54 Å². The summed E-state index contributed by atoms with van der Waals surface area (Å²) in [4.78, 5) is 0. The minimum Gasteiger partial charge on any atom is -0.329 e. The van der Waals surface area contributed by atoms with Crippen LogP contribution >= 0.6 is 0 Å². The predicted molar refractivity (Wildman–Crippen MR) is 53.0 cm³/mol. The standard InChI is InChI=1S/C10H22N2/c1-8-4-9(2)6-10(5-8,7-11)12-3/h8-9,12H,4-7,11H2,1-3H3. The second-order valence-corrected chi connectivity index (χ2v) is 4.59. The molecule has 1 fully saturated rings. The summed E-state index contributed by atoms with van der Waals surface area (Å²) in [6.45, 7) is 5.44. The Labute approximate surface area is 75.9 Å². The fourth-order valence-corrected chi connectivity index (χ4v) is 2.74. The summed E-state index contributed by atoms with van der Waals surface area (Å²) in [6, 6.07) is 0. The van der Waals surface area contributed by atoms with Crippen molar-refractivity contribution < 1.29 is 0 Å². The van der Waals surface area contributed by atoms with E-state index >= 15 is 0 Å². The first-order valence-electron chi connectivity index (χ1n) is 5.01. The summed E-state index contributed by atoms with van der Waals surface area (Å²) in [5.41, 5.74) is 6.04. The van der Waals surface area contributed by atoms with E-state index in [0.29, 0.717) is 0 Å². The largest absolute Gasteiger partial charge is 0.329 e. The molecule has 0 bridgehead atoms. The van der Waals surface area contributed by atoms with E-state index in [9.17, 15) is 0 Å². The maximum absolute atomic E-state index is 5.81. The average Bonchev–Trinajstić information content (AvgIpc) is 2.02. The molecule has 0 spiro atoms. The van der Waals surface area contributed by atoms with Gasteiger partial charge in [0.25, 0.3) is 0 Å². The first kappa shape index (κ1) is 10.0. The molecule has 2 nitrogen and oxygen atoms in total. The van der Waals surface area contributed by atoms with Gasteiger partial charge in [0.15, 0.2) is 0 Å². The van der Waals surface area contributed by atoms with Crippen molar-refractivity contribution in [3.63, 3.8) is 0 Å². The molecule has 0 aromatic carbocycles. The first-order chi connectivity index (χ1) is 5.62. The second-order valence-electron chi connectivity index (χ2n) is 4.59. The lowest BCUT2D eigenvalue weighted by atomic mass is 9.72. The van der Waals surface area contributed by atoms with Gasteiger partial charge in [-0.3, -0.25) is 0 Å². The van der Waals surface area contributed by atoms with Gasteiger partial charge in [0.05, 0.1) is 0 Å². The Kier molecular flexibility index (Phi) is 3.13. The van der Waals surface area contributed by atoms with Crippen molar-refractivity contribution in [1.82, 2.24) is 5.32 Å². The van der Waals surface area contributed by atoms with Crippen LogP contribution < -0.4 is 11.1 Å². The Morgan fingerprint density at radius 3 is 2.17 bits per heavy atom. The molecule has 0 aliphatic heterocycles. The van der Waals surface area contributed by atoms with Crippen LogP contribution in [0, 0.1) is 11.8 Å². The van der Waals surface area contributed by atoms with E-state index in [1.807, 2.05) is 7.05 Å². The number of hydrogen-bond acceptors (Lipinski definition) is 2. The van der Waals surface area contributed by atoms with Gasteiger partial charge in [0, 0.05) is 12.1 Å². The molecule has 2 heteroatoms. The molecule has 72 valence electrons. The van der Waals surface area contributed by atoms with Gasteiger partial charge in [-0.1, -0.05) is 13.8 Å². The van der Waals surface area contributed by atoms with Crippen LogP contribution in [0.2, 0.25) is 0 Å². The molecule has 1 aliphatic rings. The molecule has 3 N–H and O–H groups in total. The van der Waals surface area contributed by atoms with Crippen LogP contribution in [0.1, 0.15) is 33.1 Å². The smallest absolute Gasteiger partial charge is 0.0306 e. The summed E-state index contributed by atoms with van der Waals surface area (Å²) in [7, 11) is 2.04. The highest BCUT2D eigenvalue weighted by atomic mass is 15.0. The molecular weight excluding hydrogens is 148 g/mol. The summed E-state index contributed by atoms with van der Waals surface area (Å²) < 4.78 is 0. The molecule has 0 radical (unpaired) electrons. The topological polar surface area (TPSA) is 38.0 Å². The molecule has 0 aromatic rings. The van der Waals surface area contributed by atoms with Crippen molar-refractivity contribution in [2.75, 3.05) is 13.6 Å². The maximum Gasteiger partial charge on any atom is 0.0306 e. The van der Waals surface area contributed by atoms with Crippen LogP contribution in [0.15, 0.2) is 0 Å². The Bertz CT molecular complexity index is 129. The second kappa shape index (κ2) is 3.75. The van der Waals surface area contributed by atoms with Crippen LogP contribution in [0.5, 0.6) is 0 Å². The highest BCUT2D eigenvalue weighted by Crippen LogP contribution is 2.34. The van der Waals surface area contributed by atoms with Crippen molar-refractivity contribution in [1.29, 1.82) is 0 Å². The zero-order valence-corrected chi connectivity index (χ0v) is 8.56. The van der Waals surface area contributed by atoms with Crippen molar-refractivity contribution in [3.05, 3.63) is 0 Å². The van der Waals surface area contributed by atoms with Gasteiger partial charge in [-0.05, 0) is 38.1 Å². The summed E-state index contributed by atoms with van der Waals surface area (Å²) >= 11 is 0. The van der Waals surface area contributed by atoms with Crippen LogP contribution in [-0.2, 0) is 0 Å². The molecule has 2 atom stereocenters. The molecule has 12 heavy (non-hydrogen) atoms. The lowest BCUT2D eigenvalue weighted by Crippen LogP contribution is -2.53. The van der Waals surface area contributed by atoms with Crippen LogP contribution in [0.4, 0.5) is 0 Å². The zero-order chi connectivity index (χ0) is 9.19. The third kappa shape index (κ3) is 1.99. The van der Waals surface area contributed by atoms with E-state index in [1.165, 1.54) is 19.3 Å². The number of nitrogens with two attached hydrogens (primary N) is 1. The Morgan fingerprint density at radius 2 is 1.83 bits per heavy atom. The third-order valence-electron chi connectivity index (χ3n) is 3.20. The van der Waals surface area contributed by atoms with E-state index in [0.717, 1.165) is 18.4 Å². The van der Waals surface area contributed by atoms with Gasteiger partial charge in [0.2, 0.25) is 0 Å². The van der Waals surface area contributed by atoms with Crippen molar-refractivity contribution in [2.45, 2.75) is 38.6 Å². The average molecular weight is 170 g/mol. The SMILES string of the molecule is CNC1(CN)CC(C)CC(C)C1. The Balaban J connectivity index is 2.62. The fraction of sp³-hybridized carbons (Fsp3) is 1.00. The molecule has 0 heterocycles. The van der Waals surface area contributed by atoms with E-state index in [1.54, 1.807) is 0 Å². The summed E-state index contributed by atoms with van der Waals surface area (Å²) in [5.74, 6) is 1.65. The van der Waals surface area contributed by atoms with Crippen molar-refractivity contribution in [3.8, 4) is 0 Å². The van der Waals surface area contributed by atoms with Gasteiger partial charge in [-0.15, -0.1) is 0 Å². The quantitative estimate of drug-likeness (QED) is 0.656. The molecule has 1 rings (SSSR count). The summed E-state index contributed by atoms with van der Waals surface area (Å²) in [5, 5.41) is 3.40. The molecule has 0 aromatic heterocycles. The predicted octanol–water partition coefficient (Wildman–Crippen LogP) is 1.36. The number of nitrogens with one attached hydrogen (secondary N) is 1. The lowest BCUT2D eigenvalue weighted by Gasteiger charge is -2.42. The van der Waals surface area contributed by atoms with Crippen LogP contribution in [0.3, 0.4) is 0 Å². The Hall–Kier alpha value is -0.0800. The fourth-order valence-electron chi connectivity index (χ4n) is 2.74. The number of hydrogen-bond donors (Lipinski definition) is 2. The Morgan fingerprint density at radius 1 is 1.33 bits per heavy atom. The monoisotopic (exact) mass is 170 g/mol. The van der Waals surface area contributed by atoms with Gasteiger partial charge < -0.3 is 11.1 Å². The van der Waals surface area contributed by atoms with Gasteiger partial charge in [-0.2, -0.15) is 0 Å². The normalized spacial score (nSPS) is 43.0. The molecule has 1 saturated carbocycles. The van der Waals surface area contributed by atoms with Gasteiger partial charge >= 0.3 is 0 Å². The minimum absolute atomic E-state index is 0.233. The molecule has 0 amide bonds. The molecule has 1 aliphatic carbocycles. The molecular formula is C10H22N2. The van der Waals surface area contributed by atoms with E-state index in [2.05, 4.69) is 19.2 Å². The van der Waals surface area contributed by atoms with E-state index in [4.69, 9.17) is 5.73 Å². The van der Waals surface area contributed by atoms with Gasteiger partial charge in [0.1, 0.15) is 0 Å². The van der Waals surface area contributed by atoms with Crippen molar-refractivity contribution in [2.24, 2.45) is 17.6 Å².